The zero-order valence-electron chi connectivity index (χ0n) is 8.92. The van der Waals surface area contributed by atoms with E-state index in [0.29, 0.717) is 18.2 Å². The van der Waals surface area contributed by atoms with Crippen LogP contribution in [0, 0.1) is 0 Å². The minimum atomic E-state index is 0.356. The van der Waals surface area contributed by atoms with Gasteiger partial charge < -0.3 is 15.4 Å². The number of ether oxygens (including phenoxy) is 1. The predicted molar refractivity (Wildman–Crippen MR) is 56.5 cm³/mol. The molecular formula is C10H19N3O. The first-order chi connectivity index (χ1) is 6.75. The third-order valence-electron chi connectivity index (χ3n) is 2.79. The Kier molecular flexibility index (Phi) is 2.91. The van der Waals surface area contributed by atoms with E-state index in [9.17, 15) is 0 Å². The molecule has 0 bridgehead atoms. The van der Waals surface area contributed by atoms with Crippen molar-refractivity contribution in [2.24, 2.45) is 4.99 Å². The summed E-state index contributed by atoms with van der Waals surface area (Å²) in [6.45, 7) is 6.08. The lowest BCUT2D eigenvalue weighted by Crippen LogP contribution is -2.46. The Morgan fingerprint density at radius 2 is 2.50 bits per heavy atom. The Bertz CT molecular complexity index is 223. The van der Waals surface area contributed by atoms with Crippen LogP contribution in [0.25, 0.3) is 0 Å². The topological polar surface area (TPSA) is 45.7 Å². The summed E-state index contributed by atoms with van der Waals surface area (Å²) in [5, 5.41) is 6.66. The third kappa shape index (κ3) is 2.18. The molecule has 0 saturated carbocycles. The number of hydrogen-bond acceptors (Lipinski definition) is 4. The molecule has 2 N–H and O–H groups in total. The molecule has 0 aromatic carbocycles. The Hall–Kier alpha value is -0.770. The van der Waals surface area contributed by atoms with Crippen LogP contribution >= 0.6 is 0 Å². The standard InChI is InChI=1S/C10H19N3O/c1-7-6-11-10(12-7)13-8(2)9-4-3-5-14-9/h7-9H,3-6H2,1-2H3,(H2,11,12,13). The molecule has 4 heteroatoms. The lowest BCUT2D eigenvalue weighted by atomic mass is 10.1. The lowest BCUT2D eigenvalue weighted by molar-refractivity contribution is 0.0891. The van der Waals surface area contributed by atoms with Gasteiger partial charge in [-0.1, -0.05) is 0 Å². The SMILES string of the molecule is CC1CN=C(NC(C)C2CCCO2)N1. The molecule has 0 amide bonds. The van der Waals surface area contributed by atoms with Crippen LogP contribution in [0.2, 0.25) is 0 Å². The molecule has 2 heterocycles. The van der Waals surface area contributed by atoms with E-state index >= 15 is 0 Å². The van der Waals surface area contributed by atoms with Gasteiger partial charge in [-0.05, 0) is 26.7 Å². The summed E-state index contributed by atoms with van der Waals surface area (Å²) in [4.78, 5) is 4.37. The molecule has 14 heavy (non-hydrogen) atoms. The fourth-order valence-electron chi connectivity index (χ4n) is 1.95. The second-order valence-electron chi connectivity index (χ2n) is 4.22. The number of hydrogen-bond donors (Lipinski definition) is 2. The number of nitrogens with zero attached hydrogens (tertiary/aromatic N) is 1. The van der Waals surface area contributed by atoms with Gasteiger partial charge in [-0.3, -0.25) is 4.99 Å². The Morgan fingerprint density at radius 1 is 1.64 bits per heavy atom. The quantitative estimate of drug-likeness (QED) is 0.677. The van der Waals surface area contributed by atoms with Crippen LogP contribution in [-0.2, 0) is 4.74 Å². The highest BCUT2D eigenvalue weighted by Gasteiger charge is 2.24. The number of guanidine groups is 1. The highest BCUT2D eigenvalue weighted by Crippen LogP contribution is 2.15. The lowest BCUT2D eigenvalue weighted by Gasteiger charge is -2.21. The Morgan fingerprint density at radius 3 is 3.07 bits per heavy atom. The van der Waals surface area contributed by atoms with Crippen LogP contribution in [0.1, 0.15) is 26.7 Å². The van der Waals surface area contributed by atoms with Crippen molar-refractivity contribution in [2.75, 3.05) is 13.2 Å². The van der Waals surface area contributed by atoms with Gasteiger partial charge in [0, 0.05) is 12.6 Å². The van der Waals surface area contributed by atoms with Crippen molar-refractivity contribution in [1.29, 1.82) is 0 Å². The van der Waals surface area contributed by atoms with E-state index in [0.717, 1.165) is 25.5 Å². The third-order valence-corrected chi connectivity index (χ3v) is 2.79. The molecule has 80 valence electrons. The number of rotatable bonds is 2. The highest BCUT2D eigenvalue weighted by molar-refractivity contribution is 5.82. The van der Waals surface area contributed by atoms with Gasteiger partial charge in [0.25, 0.3) is 0 Å². The maximum Gasteiger partial charge on any atom is 0.191 e. The van der Waals surface area contributed by atoms with Gasteiger partial charge in [0.05, 0.1) is 18.7 Å². The maximum absolute atomic E-state index is 5.61. The number of nitrogens with one attached hydrogen (secondary N) is 2. The average molecular weight is 197 g/mol. The van der Waals surface area contributed by atoms with E-state index in [1.54, 1.807) is 0 Å². The van der Waals surface area contributed by atoms with Crippen molar-refractivity contribution in [3.8, 4) is 0 Å². The van der Waals surface area contributed by atoms with Crippen LogP contribution in [0.15, 0.2) is 4.99 Å². The van der Waals surface area contributed by atoms with Crippen molar-refractivity contribution < 1.29 is 4.74 Å². The van der Waals surface area contributed by atoms with E-state index < -0.39 is 0 Å². The highest BCUT2D eigenvalue weighted by atomic mass is 16.5. The normalized spacial score (nSPS) is 33.7. The summed E-state index contributed by atoms with van der Waals surface area (Å²) in [6, 6.07) is 0.822. The van der Waals surface area contributed by atoms with Crippen molar-refractivity contribution in [2.45, 2.75) is 44.9 Å². The molecule has 0 aromatic heterocycles. The van der Waals surface area contributed by atoms with Crippen molar-refractivity contribution >= 4 is 5.96 Å². The first-order valence-corrected chi connectivity index (χ1v) is 5.45. The van der Waals surface area contributed by atoms with Crippen molar-refractivity contribution in [3.63, 3.8) is 0 Å². The van der Waals surface area contributed by atoms with E-state index in [1.165, 1.54) is 6.42 Å². The van der Waals surface area contributed by atoms with Gasteiger partial charge in [0.1, 0.15) is 0 Å². The van der Waals surface area contributed by atoms with Gasteiger partial charge in [-0.25, -0.2) is 0 Å². The van der Waals surface area contributed by atoms with Crippen LogP contribution in [0.3, 0.4) is 0 Å². The molecule has 0 aliphatic carbocycles. The molecular weight excluding hydrogens is 178 g/mol. The van der Waals surface area contributed by atoms with Gasteiger partial charge in [-0.15, -0.1) is 0 Å². The summed E-state index contributed by atoms with van der Waals surface area (Å²) in [5.41, 5.74) is 0. The van der Waals surface area contributed by atoms with Crippen molar-refractivity contribution in [3.05, 3.63) is 0 Å². The first-order valence-electron chi connectivity index (χ1n) is 5.45. The molecule has 3 atom stereocenters. The molecule has 0 radical (unpaired) electrons. The van der Waals surface area contributed by atoms with Gasteiger partial charge in [0.2, 0.25) is 0 Å². The minimum Gasteiger partial charge on any atom is -0.376 e. The molecule has 2 aliphatic heterocycles. The zero-order chi connectivity index (χ0) is 9.97. The second-order valence-corrected chi connectivity index (χ2v) is 4.22. The molecule has 2 rings (SSSR count). The molecule has 1 saturated heterocycles. The molecule has 0 spiro atoms. The van der Waals surface area contributed by atoms with E-state index in [1.807, 2.05) is 0 Å². The summed E-state index contributed by atoms with van der Waals surface area (Å²) in [5.74, 6) is 0.931. The summed E-state index contributed by atoms with van der Waals surface area (Å²) >= 11 is 0. The van der Waals surface area contributed by atoms with E-state index in [-0.39, 0.29) is 0 Å². The molecule has 2 aliphatic rings. The Balaban J connectivity index is 1.79. The summed E-state index contributed by atoms with van der Waals surface area (Å²) in [6.07, 6.45) is 2.71. The zero-order valence-corrected chi connectivity index (χ0v) is 8.92. The van der Waals surface area contributed by atoms with Crippen LogP contribution in [0.5, 0.6) is 0 Å². The largest absolute Gasteiger partial charge is 0.376 e. The van der Waals surface area contributed by atoms with Crippen LogP contribution < -0.4 is 10.6 Å². The smallest absolute Gasteiger partial charge is 0.191 e. The molecule has 3 unspecified atom stereocenters. The predicted octanol–water partition coefficient (Wildman–Crippen LogP) is 0.491. The summed E-state index contributed by atoms with van der Waals surface area (Å²) in [7, 11) is 0. The van der Waals surface area contributed by atoms with Crippen molar-refractivity contribution in [1.82, 2.24) is 10.6 Å². The van der Waals surface area contributed by atoms with Crippen LogP contribution in [-0.4, -0.2) is 37.3 Å². The monoisotopic (exact) mass is 197 g/mol. The molecule has 1 fully saturated rings. The fraction of sp³-hybridized carbons (Fsp3) is 0.900. The maximum atomic E-state index is 5.61. The molecule has 4 nitrogen and oxygen atoms in total. The summed E-state index contributed by atoms with van der Waals surface area (Å²) < 4.78 is 5.61. The second kappa shape index (κ2) is 4.17. The van der Waals surface area contributed by atoms with Gasteiger partial charge >= 0.3 is 0 Å². The Labute approximate surface area is 85.1 Å². The first kappa shape index (κ1) is 9.77. The van der Waals surface area contributed by atoms with E-state index in [4.69, 9.17) is 4.74 Å². The minimum absolute atomic E-state index is 0.356. The fourth-order valence-corrected chi connectivity index (χ4v) is 1.95. The van der Waals surface area contributed by atoms with Gasteiger partial charge in [-0.2, -0.15) is 0 Å². The average Bonchev–Trinajstić information content (AvgIpc) is 2.75. The van der Waals surface area contributed by atoms with Gasteiger partial charge in [0.15, 0.2) is 5.96 Å². The van der Waals surface area contributed by atoms with E-state index in [2.05, 4.69) is 29.5 Å². The number of aliphatic imine (C=N–C) groups is 1. The molecule has 0 aromatic rings. The van der Waals surface area contributed by atoms with Crippen LogP contribution in [0.4, 0.5) is 0 Å².